The zero-order valence-corrected chi connectivity index (χ0v) is 20.4. The van der Waals surface area contributed by atoms with Crippen LogP contribution >= 0.6 is 0 Å². The fraction of sp³-hybridized carbons (Fsp3) is 0.429. The van der Waals surface area contributed by atoms with Gasteiger partial charge in [-0.25, -0.2) is 9.78 Å². The van der Waals surface area contributed by atoms with Gasteiger partial charge < -0.3 is 4.57 Å². The summed E-state index contributed by atoms with van der Waals surface area (Å²) >= 11 is 0. The Morgan fingerprint density at radius 2 is 1.69 bits per heavy atom. The summed E-state index contributed by atoms with van der Waals surface area (Å²) in [7, 11) is 0. The molecule has 0 atom stereocenters. The Hall–Kier alpha value is -3.48. The minimum atomic E-state index is -0.252. The lowest BCUT2D eigenvalue weighted by atomic mass is 10.1. The van der Waals surface area contributed by atoms with Gasteiger partial charge in [-0.1, -0.05) is 56.2 Å². The van der Waals surface area contributed by atoms with E-state index in [2.05, 4.69) is 27.8 Å². The maximum atomic E-state index is 13.7. The average molecular weight is 472 g/mol. The van der Waals surface area contributed by atoms with Crippen molar-refractivity contribution >= 4 is 11.2 Å². The highest BCUT2D eigenvalue weighted by molar-refractivity contribution is 5.71. The molecule has 7 heteroatoms. The molecule has 1 aromatic carbocycles. The molecule has 5 rings (SSSR count). The molecule has 4 aromatic rings. The SMILES string of the molecule is CCCn1c(=O)c2c(nc(C3CCCC3)n2Cc2ccccc2)n(CCCc2cccnc2)c1=O. The minimum Gasteiger partial charge on any atom is -0.317 e. The number of rotatable bonds is 9. The highest BCUT2D eigenvalue weighted by Crippen LogP contribution is 2.35. The van der Waals surface area contributed by atoms with E-state index in [4.69, 9.17) is 4.98 Å². The van der Waals surface area contributed by atoms with Crippen molar-refractivity contribution in [2.24, 2.45) is 0 Å². The van der Waals surface area contributed by atoms with Crippen LogP contribution in [0.1, 0.15) is 68.3 Å². The van der Waals surface area contributed by atoms with Crippen molar-refractivity contribution < 1.29 is 0 Å². The molecule has 3 heterocycles. The topological polar surface area (TPSA) is 74.7 Å². The third-order valence-electron chi connectivity index (χ3n) is 7.06. The quantitative estimate of drug-likeness (QED) is 0.360. The Bertz CT molecular complexity index is 1400. The predicted molar refractivity (Wildman–Crippen MR) is 138 cm³/mol. The summed E-state index contributed by atoms with van der Waals surface area (Å²) in [5.41, 5.74) is 2.89. The van der Waals surface area contributed by atoms with Crippen molar-refractivity contribution in [1.29, 1.82) is 0 Å². The summed E-state index contributed by atoms with van der Waals surface area (Å²) in [6.45, 7) is 3.50. The molecule has 0 unspecified atom stereocenters. The normalized spacial score (nSPS) is 14.2. The van der Waals surface area contributed by atoms with Crippen molar-refractivity contribution in [2.75, 3.05) is 0 Å². The molecule has 182 valence electrons. The van der Waals surface area contributed by atoms with E-state index in [1.54, 1.807) is 10.8 Å². The van der Waals surface area contributed by atoms with Crippen molar-refractivity contribution in [3.8, 4) is 0 Å². The van der Waals surface area contributed by atoms with Crippen molar-refractivity contribution in [2.45, 2.75) is 77.4 Å². The third kappa shape index (κ3) is 4.72. The molecule has 0 amide bonds. The lowest BCUT2D eigenvalue weighted by molar-refractivity contribution is 0.545. The van der Waals surface area contributed by atoms with Crippen LogP contribution in [0.4, 0.5) is 0 Å². The van der Waals surface area contributed by atoms with Gasteiger partial charge >= 0.3 is 5.69 Å². The van der Waals surface area contributed by atoms with Crippen LogP contribution in [0.3, 0.4) is 0 Å². The fourth-order valence-electron chi connectivity index (χ4n) is 5.34. The van der Waals surface area contributed by atoms with E-state index < -0.39 is 0 Å². The molecule has 35 heavy (non-hydrogen) atoms. The van der Waals surface area contributed by atoms with Crippen LogP contribution in [-0.4, -0.2) is 23.7 Å². The van der Waals surface area contributed by atoms with Crippen LogP contribution in [-0.2, 0) is 26.1 Å². The Labute approximate surface area is 205 Å². The summed E-state index contributed by atoms with van der Waals surface area (Å²) in [4.78, 5) is 36.4. The van der Waals surface area contributed by atoms with Crippen LogP contribution in [0.2, 0.25) is 0 Å². The van der Waals surface area contributed by atoms with Gasteiger partial charge in [0.25, 0.3) is 5.56 Å². The Balaban J connectivity index is 1.64. The first-order chi connectivity index (χ1) is 17.2. The molecule has 0 N–H and O–H groups in total. The predicted octanol–water partition coefficient (Wildman–Crippen LogP) is 4.50. The molecule has 0 saturated heterocycles. The molecule has 1 saturated carbocycles. The van der Waals surface area contributed by atoms with Gasteiger partial charge in [0.1, 0.15) is 5.82 Å². The molecule has 0 aliphatic heterocycles. The van der Waals surface area contributed by atoms with Crippen LogP contribution in [0.25, 0.3) is 11.2 Å². The minimum absolute atomic E-state index is 0.219. The molecule has 0 spiro atoms. The van der Waals surface area contributed by atoms with Gasteiger partial charge in [-0.3, -0.25) is 18.9 Å². The van der Waals surface area contributed by atoms with Crippen molar-refractivity contribution in [3.63, 3.8) is 0 Å². The summed E-state index contributed by atoms with van der Waals surface area (Å²) in [6, 6.07) is 14.2. The molecule has 0 radical (unpaired) electrons. The second-order valence-corrected chi connectivity index (χ2v) is 9.55. The summed E-state index contributed by atoms with van der Waals surface area (Å²) in [5.74, 6) is 1.28. The van der Waals surface area contributed by atoms with Crippen molar-refractivity contribution in [1.82, 2.24) is 23.7 Å². The first kappa shape index (κ1) is 23.3. The van der Waals surface area contributed by atoms with Gasteiger partial charge in [0.2, 0.25) is 0 Å². The van der Waals surface area contributed by atoms with Crippen LogP contribution < -0.4 is 11.2 Å². The van der Waals surface area contributed by atoms with E-state index >= 15 is 0 Å². The fourth-order valence-corrected chi connectivity index (χ4v) is 5.34. The lowest BCUT2D eigenvalue weighted by Crippen LogP contribution is -2.40. The van der Waals surface area contributed by atoms with E-state index in [-0.39, 0.29) is 11.2 Å². The van der Waals surface area contributed by atoms with Crippen LogP contribution in [0.5, 0.6) is 0 Å². The van der Waals surface area contributed by atoms with Crippen LogP contribution in [0.15, 0.2) is 64.4 Å². The molecular weight excluding hydrogens is 438 g/mol. The van der Waals surface area contributed by atoms with Gasteiger partial charge in [-0.05, 0) is 49.3 Å². The monoisotopic (exact) mass is 471 g/mol. The number of aromatic nitrogens is 5. The maximum Gasteiger partial charge on any atom is 0.332 e. The number of nitrogens with zero attached hydrogens (tertiary/aromatic N) is 5. The number of hydrogen-bond acceptors (Lipinski definition) is 4. The molecule has 3 aromatic heterocycles. The largest absolute Gasteiger partial charge is 0.332 e. The number of benzene rings is 1. The number of imidazole rings is 1. The molecule has 7 nitrogen and oxygen atoms in total. The smallest absolute Gasteiger partial charge is 0.317 e. The third-order valence-corrected chi connectivity index (χ3v) is 7.06. The standard InChI is InChI=1S/C28H33N5O2/c1-2-17-32-27(34)24-26(31(28(32)35)18-9-13-21-12-8-16-29-19-21)30-25(23-14-6-7-15-23)33(24)20-22-10-4-3-5-11-22/h3-5,8,10-12,16,19,23H,2,6-7,9,13-15,17-18,20H2,1H3. The maximum absolute atomic E-state index is 13.7. The molecule has 1 fully saturated rings. The Morgan fingerprint density at radius 3 is 2.40 bits per heavy atom. The first-order valence-corrected chi connectivity index (χ1v) is 12.8. The van der Waals surface area contributed by atoms with Crippen molar-refractivity contribution in [3.05, 3.63) is 92.6 Å². The summed E-state index contributed by atoms with van der Waals surface area (Å²) in [6.07, 6.45) is 10.4. The first-order valence-electron chi connectivity index (χ1n) is 12.8. The average Bonchev–Trinajstić information content (AvgIpc) is 3.54. The Kier molecular flexibility index (Phi) is 6.93. The summed E-state index contributed by atoms with van der Waals surface area (Å²) in [5, 5.41) is 0. The lowest BCUT2D eigenvalue weighted by Gasteiger charge is -2.14. The van der Waals surface area contributed by atoms with Gasteiger partial charge in [0, 0.05) is 37.9 Å². The van der Waals surface area contributed by atoms with Crippen LogP contribution in [0, 0.1) is 0 Å². The molecular formula is C28H33N5O2. The molecule has 1 aliphatic carbocycles. The van der Waals surface area contributed by atoms with E-state index in [9.17, 15) is 9.59 Å². The zero-order valence-electron chi connectivity index (χ0n) is 20.4. The number of hydrogen-bond donors (Lipinski definition) is 0. The number of fused-ring (bicyclic) bond motifs is 1. The zero-order chi connectivity index (χ0) is 24.2. The second-order valence-electron chi connectivity index (χ2n) is 9.55. The molecule has 0 bridgehead atoms. The molecule has 1 aliphatic rings. The van der Waals surface area contributed by atoms with E-state index in [0.29, 0.717) is 36.7 Å². The van der Waals surface area contributed by atoms with Gasteiger partial charge in [0.15, 0.2) is 11.2 Å². The second kappa shape index (κ2) is 10.4. The summed E-state index contributed by atoms with van der Waals surface area (Å²) < 4.78 is 5.25. The Morgan fingerprint density at radius 1 is 0.914 bits per heavy atom. The highest BCUT2D eigenvalue weighted by Gasteiger charge is 2.27. The van der Waals surface area contributed by atoms with Gasteiger partial charge in [-0.15, -0.1) is 0 Å². The van der Waals surface area contributed by atoms with E-state index in [0.717, 1.165) is 49.1 Å². The number of pyridine rings is 1. The number of aryl methyl sites for hydroxylation is 2. The van der Waals surface area contributed by atoms with E-state index in [1.807, 2.05) is 37.4 Å². The van der Waals surface area contributed by atoms with Gasteiger partial charge in [-0.2, -0.15) is 0 Å². The van der Waals surface area contributed by atoms with Gasteiger partial charge in [0.05, 0.1) is 0 Å². The highest BCUT2D eigenvalue weighted by atomic mass is 16.2. The van der Waals surface area contributed by atoms with E-state index in [1.165, 1.54) is 17.4 Å².